The Bertz CT molecular complexity index is 1010. The number of halogens is 4. The van der Waals surface area contributed by atoms with Crippen LogP contribution in [0.3, 0.4) is 0 Å². The maximum atomic E-state index is 14.6. The summed E-state index contributed by atoms with van der Waals surface area (Å²) in [7, 11) is 0.771. The first kappa shape index (κ1) is 19.0. The zero-order valence-corrected chi connectivity index (χ0v) is 14.7. The first-order valence-corrected chi connectivity index (χ1v) is 8.54. The van der Waals surface area contributed by atoms with Crippen LogP contribution in [0, 0.1) is 0 Å². The van der Waals surface area contributed by atoms with Crippen molar-refractivity contribution in [2.24, 2.45) is 0 Å². The molecule has 3 aromatic rings. The number of para-hydroxylation sites is 1. The van der Waals surface area contributed by atoms with Gasteiger partial charge in [-0.25, -0.2) is 4.79 Å². The molecule has 0 radical (unpaired) electrons. The number of aromatic nitrogens is 1. The monoisotopic (exact) mass is 395 g/mol. The van der Waals surface area contributed by atoms with E-state index < -0.39 is 22.9 Å². The van der Waals surface area contributed by atoms with Crippen molar-refractivity contribution in [1.29, 1.82) is 0 Å². The zero-order valence-electron chi connectivity index (χ0n) is 13.9. The minimum atomic E-state index is -5.18. The fourth-order valence-corrected chi connectivity index (χ4v) is 3.62. The highest BCUT2D eigenvalue weighted by molar-refractivity contribution is 8.03. The van der Waals surface area contributed by atoms with Crippen molar-refractivity contribution in [1.82, 2.24) is 4.98 Å². The fraction of sp³-hybridized carbons (Fsp3) is 0.105. The molecular formula is C19H13F4NO2S. The normalized spacial score (nSPS) is 12.8. The Balaban J connectivity index is 2.19. The Kier molecular flexibility index (Phi) is 5.27. The second kappa shape index (κ2) is 7.48. The van der Waals surface area contributed by atoms with E-state index in [0.29, 0.717) is 22.2 Å². The summed E-state index contributed by atoms with van der Waals surface area (Å²) in [6, 6.07) is 15.7. The summed E-state index contributed by atoms with van der Waals surface area (Å²) in [5.74, 6) is -1.77. The maximum Gasteiger partial charge on any atom is 0.426 e. The molecule has 0 aliphatic carbocycles. The third-order valence-corrected chi connectivity index (χ3v) is 4.79. The number of methoxy groups -OCH3 is 1. The summed E-state index contributed by atoms with van der Waals surface area (Å²) in [6.07, 6.45) is -5.18. The maximum absolute atomic E-state index is 14.6. The number of ether oxygens (including phenoxy) is 1. The molecule has 0 unspecified atom stereocenters. The average Bonchev–Trinajstić information content (AvgIpc) is 3.00. The summed E-state index contributed by atoms with van der Waals surface area (Å²) < 4.78 is 58.2. The third kappa shape index (κ3) is 3.85. The predicted molar refractivity (Wildman–Crippen MR) is 95.8 cm³/mol. The SMILES string of the molecule is COC(=O)/C(=C(\F)Sc1c(-c2ccccc2)[nH]c2ccccc12)C(F)(F)F. The standard InChI is InChI=1S/C19H13F4NO2S/c1-26-18(25)14(19(21,22)23)17(20)27-16-12-9-5-6-10-13(12)24-15(16)11-7-3-2-4-8-11/h2-10,24H,1H3/b17-14-. The minimum absolute atomic E-state index is 0.241. The molecule has 3 nitrogen and oxygen atoms in total. The molecule has 0 aliphatic heterocycles. The van der Waals surface area contributed by atoms with Crippen molar-refractivity contribution in [3.8, 4) is 11.3 Å². The van der Waals surface area contributed by atoms with Gasteiger partial charge in [-0.3, -0.25) is 0 Å². The molecule has 0 saturated heterocycles. The highest BCUT2D eigenvalue weighted by Crippen LogP contribution is 2.44. The van der Waals surface area contributed by atoms with Gasteiger partial charge in [0.15, 0.2) is 10.7 Å². The zero-order chi connectivity index (χ0) is 19.6. The lowest BCUT2D eigenvalue weighted by Gasteiger charge is -2.11. The van der Waals surface area contributed by atoms with Gasteiger partial charge in [0, 0.05) is 15.8 Å². The molecule has 0 atom stereocenters. The number of nitrogens with one attached hydrogen (secondary N) is 1. The van der Waals surface area contributed by atoms with E-state index >= 15 is 0 Å². The van der Waals surface area contributed by atoms with Crippen LogP contribution in [0.4, 0.5) is 17.6 Å². The first-order chi connectivity index (χ1) is 12.8. The van der Waals surface area contributed by atoms with E-state index in [1.54, 1.807) is 54.6 Å². The molecule has 1 heterocycles. The number of hydrogen-bond acceptors (Lipinski definition) is 3. The molecule has 0 spiro atoms. The molecule has 1 aromatic heterocycles. The molecule has 8 heteroatoms. The Morgan fingerprint density at radius 2 is 1.67 bits per heavy atom. The molecule has 140 valence electrons. The summed E-state index contributed by atoms with van der Waals surface area (Å²) in [5.41, 5.74) is -0.184. The van der Waals surface area contributed by atoms with Crippen LogP contribution in [0.5, 0.6) is 0 Å². The smallest absolute Gasteiger partial charge is 0.426 e. The van der Waals surface area contributed by atoms with E-state index in [-0.39, 0.29) is 16.7 Å². The van der Waals surface area contributed by atoms with Gasteiger partial charge < -0.3 is 9.72 Å². The van der Waals surface area contributed by atoms with Crippen LogP contribution in [0.25, 0.3) is 22.2 Å². The number of benzene rings is 2. The van der Waals surface area contributed by atoms with Crippen molar-refractivity contribution in [2.45, 2.75) is 11.1 Å². The largest absolute Gasteiger partial charge is 0.465 e. The Labute approximate surface area is 156 Å². The quantitative estimate of drug-likeness (QED) is 0.261. The predicted octanol–water partition coefficient (Wildman–Crippen LogP) is 5.84. The number of aromatic amines is 1. The van der Waals surface area contributed by atoms with E-state index in [0.717, 1.165) is 7.11 Å². The molecule has 0 saturated carbocycles. The molecular weight excluding hydrogens is 382 g/mol. The highest BCUT2D eigenvalue weighted by atomic mass is 32.2. The van der Waals surface area contributed by atoms with Crippen molar-refractivity contribution < 1.29 is 27.1 Å². The van der Waals surface area contributed by atoms with Crippen LogP contribution in [0.1, 0.15) is 0 Å². The number of H-pyrrole nitrogens is 1. The van der Waals surface area contributed by atoms with Crippen LogP contribution in [-0.4, -0.2) is 24.2 Å². The Morgan fingerprint density at radius 1 is 1.04 bits per heavy atom. The summed E-state index contributed by atoms with van der Waals surface area (Å²) >= 11 is 0.241. The number of thioether (sulfide) groups is 1. The number of carbonyl (C=O) groups is 1. The second-order valence-corrected chi connectivity index (χ2v) is 6.45. The van der Waals surface area contributed by atoms with Gasteiger partial charge in [0.2, 0.25) is 0 Å². The molecule has 3 rings (SSSR count). The van der Waals surface area contributed by atoms with Crippen LogP contribution >= 0.6 is 11.8 Å². The van der Waals surface area contributed by atoms with Crippen molar-refractivity contribution in [3.05, 3.63) is 65.3 Å². The van der Waals surface area contributed by atoms with Crippen LogP contribution in [0.2, 0.25) is 0 Å². The van der Waals surface area contributed by atoms with E-state index in [2.05, 4.69) is 9.72 Å². The molecule has 27 heavy (non-hydrogen) atoms. The van der Waals surface area contributed by atoms with Gasteiger partial charge in [0.1, 0.15) is 0 Å². The lowest BCUT2D eigenvalue weighted by atomic mass is 10.1. The summed E-state index contributed by atoms with van der Waals surface area (Å²) in [4.78, 5) is 14.8. The van der Waals surface area contributed by atoms with Crippen molar-refractivity contribution in [2.75, 3.05) is 7.11 Å². The molecule has 0 amide bonds. The van der Waals surface area contributed by atoms with Crippen LogP contribution in [0.15, 0.2) is 70.2 Å². The molecule has 2 aromatic carbocycles. The summed E-state index contributed by atoms with van der Waals surface area (Å²) in [5, 5.41) is -1.13. The van der Waals surface area contributed by atoms with Crippen molar-refractivity contribution >= 4 is 28.6 Å². The first-order valence-electron chi connectivity index (χ1n) is 7.72. The third-order valence-electron chi connectivity index (χ3n) is 3.78. The van der Waals surface area contributed by atoms with E-state index in [1.165, 1.54) is 0 Å². The lowest BCUT2D eigenvalue weighted by molar-refractivity contribution is -0.148. The lowest BCUT2D eigenvalue weighted by Crippen LogP contribution is -2.22. The van der Waals surface area contributed by atoms with E-state index in [9.17, 15) is 22.4 Å². The van der Waals surface area contributed by atoms with E-state index in [4.69, 9.17) is 0 Å². The summed E-state index contributed by atoms with van der Waals surface area (Å²) in [6.45, 7) is 0. The van der Waals surface area contributed by atoms with Gasteiger partial charge in [0.05, 0.1) is 12.8 Å². The van der Waals surface area contributed by atoms with Gasteiger partial charge in [-0.05, 0) is 11.6 Å². The van der Waals surface area contributed by atoms with Gasteiger partial charge in [-0.15, -0.1) is 0 Å². The number of esters is 1. The van der Waals surface area contributed by atoms with E-state index in [1.807, 2.05) is 0 Å². The topological polar surface area (TPSA) is 42.1 Å². The number of hydrogen-bond donors (Lipinski definition) is 1. The van der Waals surface area contributed by atoms with Gasteiger partial charge in [-0.1, -0.05) is 60.3 Å². The number of rotatable bonds is 4. The number of alkyl halides is 3. The molecule has 1 N–H and O–H groups in total. The molecule has 0 fully saturated rings. The van der Waals surface area contributed by atoms with Crippen molar-refractivity contribution in [3.63, 3.8) is 0 Å². The molecule has 0 bridgehead atoms. The van der Waals surface area contributed by atoms with Gasteiger partial charge >= 0.3 is 12.1 Å². The Morgan fingerprint density at radius 3 is 2.30 bits per heavy atom. The number of fused-ring (bicyclic) bond motifs is 1. The number of carbonyl (C=O) groups excluding carboxylic acids is 1. The van der Waals surface area contributed by atoms with Gasteiger partial charge in [-0.2, -0.15) is 17.6 Å². The van der Waals surface area contributed by atoms with Crippen LogP contribution < -0.4 is 0 Å². The Hall–Kier alpha value is -2.74. The molecule has 0 aliphatic rings. The average molecular weight is 395 g/mol. The van der Waals surface area contributed by atoms with Gasteiger partial charge in [0.25, 0.3) is 0 Å². The second-order valence-electron chi connectivity index (χ2n) is 5.48. The fourth-order valence-electron chi connectivity index (χ4n) is 2.58. The van der Waals surface area contributed by atoms with Crippen LogP contribution in [-0.2, 0) is 9.53 Å². The highest BCUT2D eigenvalue weighted by Gasteiger charge is 2.43. The minimum Gasteiger partial charge on any atom is -0.465 e.